The number of hydrogen-bond donors (Lipinski definition) is 1. The number of nitrogens with zero attached hydrogens (tertiary/aromatic N) is 1. The summed E-state index contributed by atoms with van der Waals surface area (Å²) in [6.07, 6.45) is 0. The highest BCUT2D eigenvalue weighted by Crippen LogP contribution is 1.95. The van der Waals surface area contributed by atoms with Crippen LogP contribution in [0.4, 0.5) is 0 Å². The maximum atomic E-state index is 10.4. The van der Waals surface area contributed by atoms with Crippen molar-refractivity contribution in [3.63, 3.8) is 0 Å². The molecule has 0 atom stereocenters. The second-order valence-electron chi connectivity index (χ2n) is 3.04. The van der Waals surface area contributed by atoms with Gasteiger partial charge in [-0.05, 0) is 31.9 Å². The Bertz CT molecular complexity index is 321. The summed E-state index contributed by atoms with van der Waals surface area (Å²) in [6, 6.07) is 0. The average molecular weight is 255 g/mol. The molecule has 0 saturated carbocycles. The van der Waals surface area contributed by atoms with Crippen molar-refractivity contribution in [3.05, 3.63) is 12.2 Å². The molecular weight excluding hydrogens is 238 g/mol. The molecule has 0 radical (unpaired) electrons. The minimum absolute atomic E-state index is 0.0475. The van der Waals surface area contributed by atoms with Crippen LogP contribution < -0.4 is 0 Å². The molecule has 8 heteroatoms. The van der Waals surface area contributed by atoms with Gasteiger partial charge in [-0.15, -0.1) is 0 Å². The molecule has 0 fully saturated rings. The van der Waals surface area contributed by atoms with Gasteiger partial charge in [0.05, 0.1) is 0 Å². The first-order chi connectivity index (χ1) is 7.10. The van der Waals surface area contributed by atoms with Crippen molar-refractivity contribution in [2.24, 2.45) is 0 Å². The third-order valence-electron chi connectivity index (χ3n) is 1.18. The standard InChI is InChI=1S/C4H11N.C4H6O6S/c1-4-5(2)3;1-3(2)4(5)9-10-11(6,7)8/h4H2,1-3H3;1H2,2H3,(H,6,7,8). The summed E-state index contributed by atoms with van der Waals surface area (Å²) in [5.74, 6) is -1.07. The fourth-order valence-electron chi connectivity index (χ4n) is 0.145. The lowest BCUT2D eigenvalue weighted by atomic mass is 10.4. The van der Waals surface area contributed by atoms with Crippen molar-refractivity contribution < 1.29 is 27.0 Å². The lowest BCUT2D eigenvalue weighted by molar-refractivity contribution is -0.209. The Morgan fingerprint density at radius 3 is 2.00 bits per heavy atom. The van der Waals surface area contributed by atoms with Gasteiger partial charge >= 0.3 is 16.4 Å². The molecule has 0 aromatic heterocycles. The molecule has 96 valence electrons. The van der Waals surface area contributed by atoms with E-state index in [-0.39, 0.29) is 5.57 Å². The van der Waals surface area contributed by atoms with Crippen molar-refractivity contribution in [2.45, 2.75) is 13.8 Å². The molecule has 0 bridgehead atoms. The monoisotopic (exact) mass is 255 g/mol. The van der Waals surface area contributed by atoms with E-state index >= 15 is 0 Å². The van der Waals surface area contributed by atoms with Gasteiger partial charge in [0, 0.05) is 5.57 Å². The molecule has 0 aromatic carbocycles. The minimum Gasteiger partial charge on any atom is -0.310 e. The Balaban J connectivity index is 0. The third-order valence-corrected chi connectivity index (χ3v) is 1.42. The fraction of sp³-hybridized carbons (Fsp3) is 0.625. The maximum absolute atomic E-state index is 10.4. The third kappa shape index (κ3) is 15.5. The van der Waals surface area contributed by atoms with Crippen LogP contribution in [-0.2, 0) is 24.4 Å². The van der Waals surface area contributed by atoms with E-state index in [1.54, 1.807) is 0 Å². The van der Waals surface area contributed by atoms with E-state index in [2.05, 4.69) is 41.7 Å². The molecule has 16 heavy (non-hydrogen) atoms. The number of carbonyl (C=O) groups excluding carboxylic acids is 1. The van der Waals surface area contributed by atoms with Crippen LogP contribution in [0.25, 0.3) is 0 Å². The number of hydrogen-bond acceptors (Lipinski definition) is 6. The lowest BCUT2D eigenvalue weighted by Crippen LogP contribution is -2.10. The normalized spacial score (nSPS) is 10.4. The quantitative estimate of drug-likeness (QED) is 0.336. The Labute approximate surface area is 95.5 Å². The van der Waals surface area contributed by atoms with Crippen molar-refractivity contribution in [1.82, 2.24) is 4.90 Å². The number of carbonyl (C=O) groups is 1. The molecule has 0 amide bonds. The highest BCUT2D eigenvalue weighted by Gasteiger charge is 2.11. The second-order valence-corrected chi connectivity index (χ2v) is 4.03. The largest absolute Gasteiger partial charge is 0.432 e. The summed E-state index contributed by atoms with van der Waals surface area (Å²) < 4.78 is 30.7. The molecule has 0 aliphatic carbocycles. The highest BCUT2D eigenvalue weighted by molar-refractivity contribution is 7.80. The van der Waals surface area contributed by atoms with Crippen molar-refractivity contribution in [3.8, 4) is 0 Å². The maximum Gasteiger partial charge on any atom is 0.432 e. The Morgan fingerprint density at radius 2 is 1.81 bits per heavy atom. The summed E-state index contributed by atoms with van der Waals surface area (Å²) >= 11 is 0. The summed E-state index contributed by atoms with van der Waals surface area (Å²) in [5, 5.41) is 0. The van der Waals surface area contributed by atoms with E-state index < -0.39 is 16.4 Å². The van der Waals surface area contributed by atoms with Gasteiger partial charge in [0.2, 0.25) is 0 Å². The molecule has 0 rings (SSSR count). The van der Waals surface area contributed by atoms with Crippen LogP contribution >= 0.6 is 0 Å². The van der Waals surface area contributed by atoms with Gasteiger partial charge in [-0.3, -0.25) is 9.44 Å². The van der Waals surface area contributed by atoms with Gasteiger partial charge in [-0.2, -0.15) is 8.42 Å². The molecule has 0 saturated heterocycles. The van der Waals surface area contributed by atoms with Crippen LogP contribution in [0.15, 0.2) is 12.2 Å². The molecule has 0 spiro atoms. The Hall–Kier alpha value is -0.960. The van der Waals surface area contributed by atoms with E-state index in [1.165, 1.54) is 6.92 Å². The summed E-state index contributed by atoms with van der Waals surface area (Å²) in [4.78, 5) is 16.1. The fourth-order valence-corrected chi connectivity index (χ4v) is 0.293. The van der Waals surface area contributed by atoms with Crippen LogP contribution in [0.1, 0.15) is 13.8 Å². The summed E-state index contributed by atoms with van der Waals surface area (Å²) in [7, 11) is -0.626. The molecular formula is C8H17NO6S. The van der Waals surface area contributed by atoms with Crippen LogP contribution in [0.3, 0.4) is 0 Å². The van der Waals surface area contributed by atoms with Crippen LogP contribution in [0.2, 0.25) is 0 Å². The van der Waals surface area contributed by atoms with Crippen LogP contribution in [-0.4, -0.2) is 44.5 Å². The minimum atomic E-state index is -4.74. The zero-order valence-electron chi connectivity index (χ0n) is 9.76. The zero-order chi connectivity index (χ0) is 13.4. The zero-order valence-corrected chi connectivity index (χ0v) is 10.6. The molecule has 0 aromatic rings. The van der Waals surface area contributed by atoms with Gasteiger partial charge in [-0.25, -0.2) is 4.79 Å². The van der Waals surface area contributed by atoms with E-state index in [0.717, 1.165) is 6.54 Å². The van der Waals surface area contributed by atoms with Crippen molar-refractivity contribution >= 4 is 16.4 Å². The number of rotatable bonds is 4. The lowest BCUT2D eigenvalue weighted by Gasteiger charge is -2.00. The predicted octanol–water partition coefficient (Wildman–Crippen LogP) is 0.408. The van der Waals surface area contributed by atoms with Gasteiger partial charge < -0.3 is 4.90 Å². The SMILES string of the molecule is C=C(C)C(=O)OOS(=O)(=O)O.CCN(C)C. The highest BCUT2D eigenvalue weighted by atomic mass is 32.3. The van der Waals surface area contributed by atoms with Gasteiger partial charge in [0.25, 0.3) is 0 Å². The molecule has 0 aliphatic rings. The first-order valence-corrected chi connectivity index (χ1v) is 5.64. The van der Waals surface area contributed by atoms with Crippen molar-refractivity contribution in [1.29, 1.82) is 0 Å². The van der Waals surface area contributed by atoms with E-state index in [9.17, 15) is 13.2 Å². The Kier molecular flexibility index (Phi) is 8.96. The van der Waals surface area contributed by atoms with Gasteiger partial charge in [-0.1, -0.05) is 13.5 Å². The summed E-state index contributed by atoms with van der Waals surface area (Å²) in [5.41, 5.74) is -0.0475. The summed E-state index contributed by atoms with van der Waals surface area (Å²) in [6.45, 7) is 7.68. The van der Waals surface area contributed by atoms with Gasteiger partial charge in [0.1, 0.15) is 0 Å². The Morgan fingerprint density at radius 1 is 1.44 bits per heavy atom. The van der Waals surface area contributed by atoms with Crippen LogP contribution in [0, 0.1) is 0 Å². The molecule has 0 heterocycles. The van der Waals surface area contributed by atoms with Crippen molar-refractivity contribution in [2.75, 3.05) is 20.6 Å². The van der Waals surface area contributed by atoms with E-state index in [0.29, 0.717) is 0 Å². The van der Waals surface area contributed by atoms with E-state index in [1.807, 2.05) is 0 Å². The molecule has 0 aliphatic heterocycles. The molecule has 1 N–H and O–H groups in total. The second kappa shape index (κ2) is 8.22. The first kappa shape index (κ1) is 17.4. The molecule has 0 unspecified atom stereocenters. The first-order valence-electron chi connectivity index (χ1n) is 4.28. The van der Waals surface area contributed by atoms with Gasteiger partial charge in [0.15, 0.2) is 0 Å². The smallest absolute Gasteiger partial charge is 0.310 e. The topological polar surface area (TPSA) is 93.1 Å². The average Bonchev–Trinajstić information content (AvgIpc) is 2.13. The predicted molar refractivity (Wildman–Crippen MR) is 57.8 cm³/mol. The molecule has 7 nitrogen and oxygen atoms in total. The van der Waals surface area contributed by atoms with E-state index in [4.69, 9.17) is 4.55 Å². The van der Waals surface area contributed by atoms with Crippen LogP contribution in [0.5, 0.6) is 0 Å².